The van der Waals surface area contributed by atoms with Gasteiger partial charge >= 0.3 is 0 Å². The minimum Gasteiger partial charge on any atom is -0.313 e. The van der Waals surface area contributed by atoms with Crippen LogP contribution < -0.4 is 10.6 Å². The second-order valence-corrected chi connectivity index (χ2v) is 4.09. The van der Waals surface area contributed by atoms with Gasteiger partial charge in [-0.05, 0) is 33.6 Å². The fourth-order valence-electron chi connectivity index (χ4n) is 1.18. The highest BCUT2D eigenvalue weighted by atomic mass is 15.0. The van der Waals surface area contributed by atoms with Crippen LogP contribution in [0.2, 0.25) is 0 Å². The summed E-state index contributed by atoms with van der Waals surface area (Å²) in [7, 11) is 0. The lowest BCUT2D eigenvalue weighted by Crippen LogP contribution is -2.43. The summed E-state index contributed by atoms with van der Waals surface area (Å²) in [5, 5.41) is 7.05. The van der Waals surface area contributed by atoms with Crippen LogP contribution in [0, 0.1) is 0 Å². The zero-order valence-electron chi connectivity index (χ0n) is 9.85. The van der Waals surface area contributed by atoms with Gasteiger partial charge in [0.15, 0.2) is 0 Å². The van der Waals surface area contributed by atoms with Gasteiger partial charge in [0.2, 0.25) is 0 Å². The van der Waals surface area contributed by atoms with Gasteiger partial charge in [-0.3, -0.25) is 0 Å². The van der Waals surface area contributed by atoms with Crippen molar-refractivity contribution < 1.29 is 0 Å². The van der Waals surface area contributed by atoms with Crippen molar-refractivity contribution in [3.8, 4) is 0 Å². The van der Waals surface area contributed by atoms with Crippen LogP contribution in [-0.4, -0.2) is 24.7 Å². The molecule has 0 aliphatic rings. The number of hydrogen-bond donors (Lipinski definition) is 2. The van der Waals surface area contributed by atoms with Gasteiger partial charge in [-0.2, -0.15) is 0 Å². The molecular formula is C11H26N2. The summed E-state index contributed by atoms with van der Waals surface area (Å²) in [5.74, 6) is 0. The van der Waals surface area contributed by atoms with Gasteiger partial charge in [-0.15, -0.1) is 0 Å². The molecule has 2 heteroatoms. The van der Waals surface area contributed by atoms with E-state index in [-0.39, 0.29) is 0 Å². The van der Waals surface area contributed by atoms with E-state index in [4.69, 9.17) is 0 Å². The molecule has 0 amide bonds. The van der Waals surface area contributed by atoms with E-state index < -0.39 is 0 Å². The number of rotatable bonds is 7. The summed E-state index contributed by atoms with van der Waals surface area (Å²) in [6, 6.07) is 1.85. The normalized spacial score (nSPS) is 18.2. The second-order valence-electron chi connectivity index (χ2n) is 4.09. The number of nitrogens with one attached hydrogen (secondary N) is 2. The Hall–Kier alpha value is -0.0800. The van der Waals surface area contributed by atoms with Gasteiger partial charge in [0.1, 0.15) is 0 Å². The molecular weight excluding hydrogens is 160 g/mol. The first kappa shape index (κ1) is 12.9. The van der Waals surface area contributed by atoms with E-state index in [2.05, 4.69) is 45.3 Å². The first-order valence-corrected chi connectivity index (χ1v) is 5.59. The Morgan fingerprint density at radius 3 is 1.85 bits per heavy atom. The van der Waals surface area contributed by atoms with Gasteiger partial charge in [-0.1, -0.05) is 13.8 Å². The van der Waals surface area contributed by atoms with E-state index in [9.17, 15) is 0 Å². The zero-order valence-corrected chi connectivity index (χ0v) is 9.85. The van der Waals surface area contributed by atoms with Gasteiger partial charge < -0.3 is 10.6 Å². The molecule has 0 aromatic heterocycles. The second kappa shape index (κ2) is 7.34. The van der Waals surface area contributed by atoms with E-state index in [1.807, 2.05) is 0 Å². The fraction of sp³-hybridized carbons (Fsp3) is 1.00. The average Bonchev–Trinajstić information content (AvgIpc) is 2.13. The highest BCUT2D eigenvalue weighted by molar-refractivity contribution is 4.70. The lowest BCUT2D eigenvalue weighted by Gasteiger charge is -2.21. The van der Waals surface area contributed by atoms with Crippen molar-refractivity contribution in [3.05, 3.63) is 0 Å². The third-order valence-electron chi connectivity index (χ3n) is 2.57. The predicted octanol–water partition coefficient (Wildman–Crippen LogP) is 2.15. The van der Waals surface area contributed by atoms with Gasteiger partial charge in [0.25, 0.3) is 0 Å². The van der Waals surface area contributed by atoms with Crippen molar-refractivity contribution in [1.29, 1.82) is 0 Å². The van der Waals surface area contributed by atoms with Crippen LogP contribution in [0.4, 0.5) is 0 Å². The lowest BCUT2D eigenvalue weighted by atomic mass is 10.2. The van der Waals surface area contributed by atoms with Crippen LogP contribution in [-0.2, 0) is 0 Å². The van der Waals surface area contributed by atoms with Crippen molar-refractivity contribution in [2.24, 2.45) is 0 Å². The van der Waals surface area contributed by atoms with Crippen LogP contribution in [0.15, 0.2) is 0 Å². The minimum atomic E-state index is 0.573. The third-order valence-corrected chi connectivity index (χ3v) is 2.57. The van der Waals surface area contributed by atoms with Gasteiger partial charge in [0, 0.05) is 24.7 Å². The maximum atomic E-state index is 3.55. The van der Waals surface area contributed by atoms with Crippen LogP contribution in [0.3, 0.4) is 0 Å². The van der Waals surface area contributed by atoms with Gasteiger partial charge in [0.05, 0.1) is 0 Å². The maximum absolute atomic E-state index is 3.55. The Kier molecular flexibility index (Phi) is 7.29. The van der Waals surface area contributed by atoms with Crippen LogP contribution in [0.5, 0.6) is 0 Å². The van der Waals surface area contributed by atoms with Crippen molar-refractivity contribution in [2.45, 2.75) is 65.6 Å². The Morgan fingerprint density at radius 1 is 0.846 bits per heavy atom. The Bertz CT molecular complexity index is 115. The SMILES string of the molecule is CCC(C)NCC(C)NC(C)CC. The number of hydrogen-bond acceptors (Lipinski definition) is 2. The van der Waals surface area contributed by atoms with E-state index in [0.717, 1.165) is 6.54 Å². The molecule has 13 heavy (non-hydrogen) atoms. The molecule has 0 aromatic carbocycles. The van der Waals surface area contributed by atoms with Crippen LogP contribution in [0.1, 0.15) is 47.5 Å². The first-order chi connectivity index (χ1) is 6.10. The maximum Gasteiger partial charge on any atom is 0.0166 e. The summed E-state index contributed by atoms with van der Waals surface area (Å²) >= 11 is 0. The first-order valence-electron chi connectivity index (χ1n) is 5.59. The molecule has 0 aromatic rings. The molecule has 3 atom stereocenters. The molecule has 0 spiro atoms. The quantitative estimate of drug-likeness (QED) is 0.636. The molecule has 2 N–H and O–H groups in total. The summed E-state index contributed by atoms with van der Waals surface area (Å²) in [6.07, 6.45) is 2.41. The third kappa shape index (κ3) is 7.03. The standard InChI is InChI=1S/C11H26N2/c1-6-9(3)12-8-11(5)13-10(4)7-2/h9-13H,6-8H2,1-5H3. The van der Waals surface area contributed by atoms with Gasteiger partial charge in [-0.25, -0.2) is 0 Å². The molecule has 3 unspecified atom stereocenters. The Morgan fingerprint density at radius 2 is 1.38 bits per heavy atom. The molecule has 0 aliphatic carbocycles. The molecule has 80 valence electrons. The summed E-state index contributed by atoms with van der Waals surface area (Å²) < 4.78 is 0. The Balaban J connectivity index is 3.45. The van der Waals surface area contributed by atoms with Crippen LogP contribution >= 0.6 is 0 Å². The smallest absolute Gasteiger partial charge is 0.0166 e. The van der Waals surface area contributed by atoms with E-state index in [1.165, 1.54) is 12.8 Å². The highest BCUT2D eigenvalue weighted by Crippen LogP contribution is 1.92. The molecule has 0 saturated carbocycles. The molecule has 0 rings (SSSR count). The van der Waals surface area contributed by atoms with E-state index >= 15 is 0 Å². The van der Waals surface area contributed by atoms with E-state index in [0.29, 0.717) is 18.1 Å². The molecule has 0 aliphatic heterocycles. The van der Waals surface area contributed by atoms with Crippen molar-refractivity contribution in [2.75, 3.05) is 6.54 Å². The molecule has 0 saturated heterocycles. The summed E-state index contributed by atoms with van der Waals surface area (Å²) in [5.41, 5.74) is 0. The largest absolute Gasteiger partial charge is 0.313 e. The summed E-state index contributed by atoms with van der Waals surface area (Å²) in [4.78, 5) is 0. The highest BCUT2D eigenvalue weighted by Gasteiger charge is 2.06. The minimum absolute atomic E-state index is 0.573. The predicted molar refractivity (Wildman–Crippen MR) is 60.1 cm³/mol. The lowest BCUT2D eigenvalue weighted by molar-refractivity contribution is 0.413. The molecule has 0 fully saturated rings. The Labute approximate surface area is 83.5 Å². The average molecular weight is 186 g/mol. The van der Waals surface area contributed by atoms with E-state index in [1.54, 1.807) is 0 Å². The zero-order chi connectivity index (χ0) is 10.3. The molecule has 0 heterocycles. The molecule has 2 nitrogen and oxygen atoms in total. The van der Waals surface area contributed by atoms with Crippen molar-refractivity contribution in [3.63, 3.8) is 0 Å². The monoisotopic (exact) mass is 186 g/mol. The van der Waals surface area contributed by atoms with Crippen LogP contribution in [0.25, 0.3) is 0 Å². The molecule has 0 bridgehead atoms. The van der Waals surface area contributed by atoms with Crippen molar-refractivity contribution in [1.82, 2.24) is 10.6 Å². The van der Waals surface area contributed by atoms with Crippen molar-refractivity contribution >= 4 is 0 Å². The fourth-order valence-corrected chi connectivity index (χ4v) is 1.18. The topological polar surface area (TPSA) is 24.1 Å². The summed E-state index contributed by atoms with van der Waals surface area (Å²) in [6.45, 7) is 12.2. The molecule has 0 radical (unpaired) electrons.